The topological polar surface area (TPSA) is 9.23 Å². The zero-order chi connectivity index (χ0) is 6.41. The van der Waals surface area contributed by atoms with Crippen LogP contribution in [-0.2, 0) is 4.74 Å². The molecule has 2 heteroatoms. The van der Waals surface area contributed by atoms with Crippen molar-refractivity contribution in [1.82, 2.24) is 0 Å². The quantitative estimate of drug-likeness (QED) is 0.534. The molecule has 0 rings (SSSR count). The Morgan fingerprint density at radius 2 is 2.25 bits per heavy atom. The van der Waals surface area contributed by atoms with Crippen molar-refractivity contribution in [3.8, 4) is 0 Å². The zero-order valence-electron chi connectivity index (χ0n) is 5.68. The van der Waals surface area contributed by atoms with E-state index in [-0.39, 0.29) is 0 Å². The van der Waals surface area contributed by atoms with Crippen molar-refractivity contribution in [2.24, 2.45) is 0 Å². The fourth-order valence-corrected chi connectivity index (χ4v) is 0.759. The zero-order valence-corrected chi connectivity index (χ0v) is 6.84. The van der Waals surface area contributed by atoms with Crippen LogP contribution in [0.4, 0.5) is 0 Å². The molecule has 0 aromatic carbocycles. The van der Waals surface area contributed by atoms with E-state index < -0.39 is 0 Å². The summed E-state index contributed by atoms with van der Waals surface area (Å²) in [4.78, 5) is 0. The molecule has 0 fully saturated rings. The Hall–Kier alpha value is 0.390. The van der Waals surface area contributed by atoms with E-state index in [0.717, 1.165) is 6.42 Å². The average molecular weight is 134 g/mol. The molecule has 0 aliphatic rings. The van der Waals surface area contributed by atoms with Crippen LogP contribution in [0, 0.1) is 0 Å². The van der Waals surface area contributed by atoms with Gasteiger partial charge in [0.2, 0.25) is 0 Å². The molecular weight excluding hydrogens is 119 g/mol. The van der Waals surface area contributed by atoms with Gasteiger partial charge in [-0.05, 0) is 6.42 Å². The Balaban J connectivity index is 2.86. The van der Waals surface area contributed by atoms with Gasteiger partial charge in [0.1, 0.15) is 0 Å². The van der Waals surface area contributed by atoms with Gasteiger partial charge in [-0.1, -0.05) is 19.8 Å². The van der Waals surface area contributed by atoms with Gasteiger partial charge in [0.25, 0.3) is 0 Å². The second-order valence-corrected chi connectivity index (χ2v) is 2.66. The Morgan fingerprint density at radius 3 is 2.62 bits per heavy atom. The molecule has 0 amide bonds. The van der Waals surface area contributed by atoms with Gasteiger partial charge in [0, 0.05) is 7.11 Å². The smallest absolute Gasteiger partial charge is 0.0704 e. The Morgan fingerprint density at radius 1 is 1.62 bits per heavy atom. The lowest BCUT2D eigenvalue weighted by atomic mass is 10.3. The van der Waals surface area contributed by atoms with Crippen molar-refractivity contribution >= 4 is 9.24 Å². The number of ether oxygens (including phenoxy) is 1. The normalized spacial score (nSPS) is 13.9. The van der Waals surface area contributed by atoms with Crippen molar-refractivity contribution < 1.29 is 4.74 Å². The summed E-state index contributed by atoms with van der Waals surface area (Å²) < 4.78 is 5.02. The molecule has 0 radical (unpaired) electrons. The Kier molecular flexibility index (Phi) is 5.79. The van der Waals surface area contributed by atoms with E-state index in [0.29, 0.717) is 5.85 Å². The van der Waals surface area contributed by atoms with Crippen LogP contribution in [0.2, 0.25) is 0 Å². The molecule has 0 saturated carbocycles. The minimum Gasteiger partial charge on any atom is -0.378 e. The van der Waals surface area contributed by atoms with Crippen molar-refractivity contribution in [1.29, 1.82) is 0 Å². The van der Waals surface area contributed by atoms with Gasteiger partial charge in [-0.3, -0.25) is 0 Å². The lowest BCUT2D eigenvalue weighted by Crippen LogP contribution is -1.98. The van der Waals surface area contributed by atoms with Crippen LogP contribution in [0.5, 0.6) is 0 Å². The number of rotatable bonds is 4. The predicted octanol–water partition coefficient (Wildman–Crippen LogP) is 2.02. The molecule has 0 spiro atoms. The van der Waals surface area contributed by atoms with Gasteiger partial charge in [0.15, 0.2) is 0 Å². The molecule has 0 bridgehead atoms. The molecular formula is C6H15OP. The van der Waals surface area contributed by atoms with Crippen molar-refractivity contribution in [2.45, 2.75) is 32.0 Å². The second kappa shape index (κ2) is 5.53. The third-order valence-corrected chi connectivity index (χ3v) is 1.75. The lowest BCUT2D eigenvalue weighted by molar-refractivity contribution is 0.163. The molecule has 50 valence electrons. The number of unbranched alkanes of at least 4 members (excludes halogenated alkanes) is 1. The van der Waals surface area contributed by atoms with Crippen molar-refractivity contribution in [3.63, 3.8) is 0 Å². The standard InChI is InChI=1S/C6H15OP/c1-3-4-5-6(8)7-2/h6H,3-5,8H2,1-2H3. The largest absolute Gasteiger partial charge is 0.378 e. The summed E-state index contributed by atoms with van der Waals surface area (Å²) in [6.45, 7) is 2.19. The van der Waals surface area contributed by atoms with Crippen LogP contribution in [0.15, 0.2) is 0 Å². The highest BCUT2D eigenvalue weighted by atomic mass is 31.0. The molecule has 0 aliphatic heterocycles. The first kappa shape index (κ1) is 8.39. The summed E-state index contributed by atoms with van der Waals surface area (Å²) in [5, 5.41) is 0. The minimum absolute atomic E-state index is 0.370. The number of hydrogen-bond acceptors (Lipinski definition) is 1. The van der Waals surface area contributed by atoms with E-state index >= 15 is 0 Å². The molecule has 0 N–H and O–H groups in total. The molecule has 1 nitrogen and oxygen atoms in total. The van der Waals surface area contributed by atoms with Gasteiger partial charge in [-0.15, -0.1) is 9.24 Å². The summed E-state index contributed by atoms with van der Waals surface area (Å²) >= 11 is 0. The van der Waals surface area contributed by atoms with E-state index in [1.807, 2.05) is 0 Å². The molecule has 0 heterocycles. The SMILES string of the molecule is CCCCC(P)OC. The van der Waals surface area contributed by atoms with E-state index in [1.54, 1.807) is 7.11 Å². The van der Waals surface area contributed by atoms with Crippen molar-refractivity contribution in [2.75, 3.05) is 7.11 Å². The fourth-order valence-electron chi connectivity index (χ4n) is 0.523. The van der Waals surface area contributed by atoms with Crippen LogP contribution >= 0.6 is 9.24 Å². The Labute approximate surface area is 54.0 Å². The van der Waals surface area contributed by atoms with Crippen LogP contribution in [0.1, 0.15) is 26.2 Å². The Bertz CT molecular complexity index is 47.8. The third kappa shape index (κ3) is 4.55. The lowest BCUT2D eigenvalue weighted by Gasteiger charge is -2.05. The van der Waals surface area contributed by atoms with Crippen LogP contribution in [0.3, 0.4) is 0 Å². The monoisotopic (exact) mass is 134 g/mol. The highest BCUT2D eigenvalue weighted by molar-refractivity contribution is 7.17. The average Bonchev–Trinajstić information content (AvgIpc) is 1.83. The van der Waals surface area contributed by atoms with Gasteiger partial charge >= 0.3 is 0 Å². The summed E-state index contributed by atoms with van der Waals surface area (Å²) in [6, 6.07) is 0. The van der Waals surface area contributed by atoms with Crippen LogP contribution in [0.25, 0.3) is 0 Å². The van der Waals surface area contributed by atoms with E-state index in [2.05, 4.69) is 16.2 Å². The molecule has 0 aliphatic carbocycles. The first-order valence-corrected chi connectivity index (χ1v) is 3.76. The maximum Gasteiger partial charge on any atom is 0.0704 e. The molecule has 2 atom stereocenters. The molecule has 0 saturated heterocycles. The number of hydrogen-bond donors (Lipinski definition) is 0. The van der Waals surface area contributed by atoms with Gasteiger partial charge in [0.05, 0.1) is 5.85 Å². The van der Waals surface area contributed by atoms with Crippen LogP contribution < -0.4 is 0 Å². The van der Waals surface area contributed by atoms with Gasteiger partial charge in [-0.2, -0.15) is 0 Å². The first-order chi connectivity index (χ1) is 3.81. The third-order valence-electron chi connectivity index (χ3n) is 1.14. The first-order valence-electron chi connectivity index (χ1n) is 3.09. The molecule has 8 heavy (non-hydrogen) atoms. The summed E-state index contributed by atoms with van der Waals surface area (Å²) in [5.41, 5.74) is 0. The maximum atomic E-state index is 5.02. The maximum absolute atomic E-state index is 5.02. The highest BCUT2D eigenvalue weighted by Gasteiger charge is 1.95. The van der Waals surface area contributed by atoms with E-state index in [9.17, 15) is 0 Å². The van der Waals surface area contributed by atoms with Crippen molar-refractivity contribution in [3.05, 3.63) is 0 Å². The minimum atomic E-state index is 0.370. The highest BCUT2D eigenvalue weighted by Crippen LogP contribution is 2.09. The molecule has 0 aromatic heterocycles. The summed E-state index contributed by atoms with van der Waals surface area (Å²) in [6.07, 6.45) is 3.69. The molecule has 0 aromatic rings. The fraction of sp³-hybridized carbons (Fsp3) is 1.00. The van der Waals surface area contributed by atoms with E-state index in [4.69, 9.17) is 4.74 Å². The second-order valence-electron chi connectivity index (χ2n) is 1.92. The predicted molar refractivity (Wildman–Crippen MR) is 40.0 cm³/mol. The van der Waals surface area contributed by atoms with Gasteiger partial charge < -0.3 is 4.74 Å². The van der Waals surface area contributed by atoms with Crippen LogP contribution in [-0.4, -0.2) is 13.0 Å². The van der Waals surface area contributed by atoms with Gasteiger partial charge in [-0.25, -0.2) is 0 Å². The summed E-state index contributed by atoms with van der Waals surface area (Å²) in [5.74, 6) is 0.370. The molecule has 2 unspecified atom stereocenters. The van der Waals surface area contributed by atoms with E-state index in [1.165, 1.54) is 12.8 Å². The number of methoxy groups -OCH3 is 1. The summed E-state index contributed by atoms with van der Waals surface area (Å²) in [7, 11) is 4.41.